The smallest absolute Gasteiger partial charge is 0.0621 e. The van der Waals surface area contributed by atoms with E-state index in [1.807, 2.05) is 0 Å². The van der Waals surface area contributed by atoms with Crippen molar-refractivity contribution in [3.8, 4) is 0 Å². The van der Waals surface area contributed by atoms with Gasteiger partial charge in [0.1, 0.15) is 0 Å². The van der Waals surface area contributed by atoms with Crippen LogP contribution in [0.3, 0.4) is 0 Å². The molecule has 10 heavy (non-hydrogen) atoms. The van der Waals surface area contributed by atoms with Crippen molar-refractivity contribution in [3.05, 3.63) is 0 Å². The van der Waals surface area contributed by atoms with Crippen LogP contribution in [0, 0.1) is 0 Å². The second-order valence-electron chi connectivity index (χ2n) is 2.87. The predicted molar refractivity (Wildman–Crippen MR) is 40.6 cm³/mol. The van der Waals surface area contributed by atoms with E-state index in [0.29, 0.717) is 12.7 Å². The Kier molecular flexibility index (Phi) is 3.12. The van der Waals surface area contributed by atoms with Crippen molar-refractivity contribution < 1.29 is 4.74 Å². The first kappa shape index (κ1) is 7.98. The number of rotatable bonds is 2. The van der Waals surface area contributed by atoms with Crippen molar-refractivity contribution in [1.82, 2.24) is 0 Å². The largest absolute Gasteiger partial charge is 0.377 e. The first-order valence-electron chi connectivity index (χ1n) is 3.90. The standard InChI is InChI=1S/C7H16N2O/c8-4-3-7-2-1-6(9)5-10-7/h6-7H,1-5,8-9H2. The zero-order valence-corrected chi connectivity index (χ0v) is 6.25. The second kappa shape index (κ2) is 3.91. The van der Waals surface area contributed by atoms with Crippen molar-refractivity contribution in [2.24, 2.45) is 11.5 Å². The van der Waals surface area contributed by atoms with Crippen LogP contribution in [-0.2, 0) is 4.74 Å². The molecule has 1 rings (SSSR count). The SMILES string of the molecule is NCCC1CCC(N)CO1. The Morgan fingerprint density at radius 1 is 1.40 bits per heavy atom. The second-order valence-corrected chi connectivity index (χ2v) is 2.87. The molecule has 1 fully saturated rings. The van der Waals surface area contributed by atoms with Crippen molar-refractivity contribution in [2.75, 3.05) is 13.2 Å². The lowest BCUT2D eigenvalue weighted by molar-refractivity contribution is 0.00238. The molecular weight excluding hydrogens is 128 g/mol. The Hall–Kier alpha value is -0.120. The Bertz CT molecular complexity index is 89.6. The molecule has 0 aromatic heterocycles. The molecule has 3 nitrogen and oxygen atoms in total. The Morgan fingerprint density at radius 2 is 2.20 bits per heavy atom. The van der Waals surface area contributed by atoms with E-state index in [4.69, 9.17) is 16.2 Å². The summed E-state index contributed by atoms with van der Waals surface area (Å²) in [6, 6.07) is 0.258. The molecule has 2 atom stereocenters. The average molecular weight is 144 g/mol. The van der Waals surface area contributed by atoms with Crippen LogP contribution in [0.2, 0.25) is 0 Å². The molecule has 0 aromatic carbocycles. The molecule has 1 saturated heterocycles. The molecule has 1 aliphatic heterocycles. The summed E-state index contributed by atoms with van der Waals surface area (Å²) in [6.45, 7) is 1.44. The van der Waals surface area contributed by atoms with E-state index in [9.17, 15) is 0 Å². The van der Waals surface area contributed by atoms with Crippen LogP contribution in [0.15, 0.2) is 0 Å². The van der Waals surface area contributed by atoms with Crippen LogP contribution in [0.1, 0.15) is 19.3 Å². The van der Waals surface area contributed by atoms with E-state index in [1.165, 1.54) is 0 Å². The van der Waals surface area contributed by atoms with E-state index in [2.05, 4.69) is 0 Å². The van der Waals surface area contributed by atoms with Crippen LogP contribution in [0.4, 0.5) is 0 Å². The minimum atomic E-state index is 0.258. The maximum Gasteiger partial charge on any atom is 0.0621 e. The van der Waals surface area contributed by atoms with Gasteiger partial charge in [0.25, 0.3) is 0 Å². The number of ether oxygens (including phenoxy) is 1. The summed E-state index contributed by atoms with van der Waals surface area (Å²) in [5.74, 6) is 0. The van der Waals surface area contributed by atoms with Gasteiger partial charge >= 0.3 is 0 Å². The van der Waals surface area contributed by atoms with Gasteiger partial charge in [0.05, 0.1) is 12.7 Å². The maximum atomic E-state index is 5.64. The highest BCUT2D eigenvalue weighted by molar-refractivity contribution is 4.71. The molecule has 60 valence electrons. The van der Waals surface area contributed by atoms with Crippen molar-refractivity contribution >= 4 is 0 Å². The van der Waals surface area contributed by atoms with Gasteiger partial charge in [-0.25, -0.2) is 0 Å². The van der Waals surface area contributed by atoms with Gasteiger partial charge in [-0.05, 0) is 25.8 Å². The molecule has 0 spiro atoms. The van der Waals surface area contributed by atoms with Crippen molar-refractivity contribution in [1.29, 1.82) is 0 Å². The molecule has 2 unspecified atom stereocenters. The first-order chi connectivity index (χ1) is 4.83. The fourth-order valence-electron chi connectivity index (χ4n) is 1.24. The zero-order chi connectivity index (χ0) is 7.40. The lowest BCUT2D eigenvalue weighted by Gasteiger charge is -2.26. The minimum Gasteiger partial charge on any atom is -0.377 e. The minimum absolute atomic E-state index is 0.258. The molecule has 0 bridgehead atoms. The summed E-state index contributed by atoms with van der Waals surface area (Å²) in [5.41, 5.74) is 11.0. The predicted octanol–water partition coefficient (Wildman–Crippen LogP) is -0.158. The van der Waals surface area contributed by atoms with Gasteiger partial charge in [-0.2, -0.15) is 0 Å². The Labute approximate surface area is 61.7 Å². The third-order valence-corrected chi connectivity index (χ3v) is 1.89. The molecule has 0 aromatic rings. The zero-order valence-electron chi connectivity index (χ0n) is 6.25. The molecule has 0 saturated carbocycles. The van der Waals surface area contributed by atoms with Crippen LogP contribution in [-0.4, -0.2) is 25.3 Å². The highest BCUT2D eigenvalue weighted by Gasteiger charge is 2.17. The molecule has 4 N–H and O–H groups in total. The van der Waals surface area contributed by atoms with Gasteiger partial charge in [-0.15, -0.1) is 0 Å². The van der Waals surface area contributed by atoms with Gasteiger partial charge in [-0.1, -0.05) is 0 Å². The van der Waals surface area contributed by atoms with Crippen LogP contribution >= 0.6 is 0 Å². The fourth-order valence-corrected chi connectivity index (χ4v) is 1.24. The van der Waals surface area contributed by atoms with Gasteiger partial charge in [0, 0.05) is 6.04 Å². The van der Waals surface area contributed by atoms with Gasteiger partial charge in [-0.3, -0.25) is 0 Å². The molecule has 1 heterocycles. The van der Waals surface area contributed by atoms with E-state index >= 15 is 0 Å². The third-order valence-electron chi connectivity index (χ3n) is 1.89. The van der Waals surface area contributed by atoms with Crippen LogP contribution in [0.5, 0.6) is 0 Å². The van der Waals surface area contributed by atoms with Crippen molar-refractivity contribution in [2.45, 2.75) is 31.4 Å². The highest BCUT2D eigenvalue weighted by Crippen LogP contribution is 2.13. The highest BCUT2D eigenvalue weighted by atomic mass is 16.5. The maximum absolute atomic E-state index is 5.64. The van der Waals surface area contributed by atoms with Gasteiger partial charge in [0.15, 0.2) is 0 Å². The van der Waals surface area contributed by atoms with Crippen LogP contribution < -0.4 is 11.5 Å². The quantitative estimate of drug-likeness (QED) is 0.566. The summed E-state index contributed by atoms with van der Waals surface area (Å²) in [5, 5.41) is 0. The molecule has 0 amide bonds. The van der Waals surface area contributed by atoms with Gasteiger partial charge in [0.2, 0.25) is 0 Å². The van der Waals surface area contributed by atoms with Crippen molar-refractivity contribution in [3.63, 3.8) is 0 Å². The molecule has 0 radical (unpaired) electrons. The van der Waals surface area contributed by atoms with E-state index < -0.39 is 0 Å². The number of hydrogen-bond donors (Lipinski definition) is 2. The number of hydrogen-bond acceptors (Lipinski definition) is 3. The summed E-state index contributed by atoms with van der Waals surface area (Å²) in [7, 11) is 0. The Morgan fingerprint density at radius 3 is 2.70 bits per heavy atom. The first-order valence-corrected chi connectivity index (χ1v) is 3.90. The lowest BCUT2D eigenvalue weighted by Crippen LogP contribution is -2.36. The topological polar surface area (TPSA) is 61.3 Å². The van der Waals surface area contributed by atoms with Gasteiger partial charge < -0.3 is 16.2 Å². The van der Waals surface area contributed by atoms with E-state index in [-0.39, 0.29) is 6.04 Å². The van der Waals surface area contributed by atoms with Crippen LogP contribution in [0.25, 0.3) is 0 Å². The molecule has 0 aliphatic carbocycles. The number of nitrogens with two attached hydrogens (primary N) is 2. The molecule has 3 heteroatoms. The monoisotopic (exact) mass is 144 g/mol. The summed E-state index contributed by atoms with van der Waals surface area (Å²) in [4.78, 5) is 0. The summed E-state index contributed by atoms with van der Waals surface area (Å²) < 4.78 is 5.43. The summed E-state index contributed by atoms with van der Waals surface area (Å²) in [6.07, 6.45) is 3.53. The molecular formula is C7H16N2O. The third kappa shape index (κ3) is 2.25. The normalized spacial score (nSPS) is 34.2. The molecule has 1 aliphatic rings. The van der Waals surface area contributed by atoms with E-state index in [1.54, 1.807) is 0 Å². The fraction of sp³-hybridized carbons (Fsp3) is 1.00. The average Bonchev–Trinajstić information content (AvgIpc) is 1.95. The Balaban J connectivity index is 2.13. The summed E-state index contributed by atoms with van der Waals surface area (Å²) >= 11 is 0. The van der Waals surface area contributed by atoms with E-state index in [0.717, 1.165) is 25.8 Å². The lowest BCUT2D eigenvalue weighted by atomic mass is 10.0.